The molecule has 4 rings (SSSR count). The second-order valence-electron chi connectivity index (χ2n) is 7.31. The molecule has 0 radical (unpaired) electrons. The van der Waals surface area contributed by atoms with Crippen LogP contribution in [0.3, 0.4) is 0 Å². The Morgan fingerprint density at radius 1 is 1.32 bits per heavy atom. The Balaban J connectivity index is 1.70. The fraction of sp³-hybridized carbons (Fsp3) is 0.409. The van der Waals surface area contributed by atoms with Gasteiger partial charge in [0.15, 0.2) is 5.16 Å². The summed E-state index contributed by atoms with van der Waals surface area (Å²) in [4.78, 5) is 20.3. The monoisotopic (exact) mass is 409 g/mol. The van der Waals surface area contributed by atoms with Gasteiger partial charge in [-0.2, -0.15) is 5.26 Å². The Labute approximate surface area is 173 Å². The van der Waals surface area contributed by atoms with Gasteiger partial charge in [-0.15, -0.1) is 11.3 Å². The highest BCUT2D eigenvalue weighted by molar-refractivity contribution is 8.00. The minimum atomic E-state index is -0.276. The molecule has 0 N–H and O–H groups in total. The highest BCUT2D eigenvalue weighted by Crippen LogP contribution is 2.36. The van der Waals surface area contributed by atoms with Crippen LogP contribution >= 0.6 is 23.1 Å². The van der Waals surface area contributed by atoms with E-state index in [9.17, 15) is 10.1 Å². The van der Waals surface area contributed by atoms with Crippen LogP contribution in [0.5, 0.6) is 0 Å². The van der Waals surface area contributed by atoms with Crippen LogP contribution in [-0.2, 0) is 25.8 Å². The van der Waals surface area contributed by atoms with E-state index in [0.29, 0.717) is 18.1 Å². The molecule has 6 heteroatoms. The highest BCUT2D eigenvalue weighted by atomic mass is 32.2. The fourth-order valence-electron chi connectivity index (χ4n) is 3.75. The Bertz CT molecular complexity index is 1110. The quantitative estimate of drug-likeness (QED) is 0.429. The molecule has 1 atom stereocenters. The molecule has 4 nitrogen and oxygen atoms in total. The molecule has 2 aromatic heterocycles. The molecule has 1 aliphatic carbocycles. The zero-order chi connectivity index (χ0) is 19.7. The van der Waals surface area contributed by atoms with Crippen LogP contribution in [0.25, 0.3) is 10.2 Å². The van der Waals surface area contributed by atoms with Gasteiger partial charge in [0.05, 0.1) is 11.5 Å². The highest BCUT2D eigenvalue weighted by Gasteiger charge is 2.24. The summed E-state index contributed by atoms with van der Waals surface area (Å²) >= 11 is 3.08. The van der Waals surface area contributed by atoms with Gasteiger partial charge in [0.25, 0.3) is 5.56 Å². The lowest BCUT2D eigenvalue weighted by atomic mass is 10.1. The third-order valence-electron chi connectivity index (χ3n) is 5.17. The van der Waals surface area contributed by atoms with Crippen LogP contribution in [0.1, 0.15) is 41.3 Å². The van der Waals surface area contributed by atoms with E-state index < -0.39 is 0 Å². The summed E-state index contributed by atoms with van der Waals surface area (Å²) in [5.41, 5.74) is 3.63. The van der Waals surface area contributed by atoms with Crippen molar-refractivity contribution in [2.75, 3.05) is 0 Å². The molecule has 28 heavy (non-hydrogen) atoms. The average molecular weight is 410 g/mol. The van der Waals surface area contributed by atoms with Crippen molar-refractivity contribution in [1.82, 2.24) is 9.55 Å². The molecular weight excluding hydrogens is 386 g/mol. The number of hydrogen-bond donors (Lipinski definition) is 0. The molecule has 0 fully saturated rings. The lowest BCUT2D eigenvalue weighted by Gasteiger charge is -2.14. The first-order valence-electron chi connectivity index (χ1n) is 9.77. The van der Waals surface area contributed by atoms with Crippen molar-refractivity contribution >= 4 is 33.3 Å². The molecule has 0 aliphatic heterocycles. The molecule has 0 amide bonds. The first-order valence-corrected chi connectivity index (χ1v) is 11.5. The SMILES string of the molecule is CCCn1c(SC(C#N)Cc2ccc(C)cc2)nc2sc3c(c2c1=O)CCC3. The fourth-order valence-corrected chi connectivity index (χ4v) is 6.09. The van der Waals surface area contributed by atoms with Gasteiger partial charge in [-0.3, -0.25) is 9.36 Å². The predicted molar refractivity (Wildman–Crippen MR) is 116 cm³/mol. The van der Waals surface area contributed by atoms with E-state index in [0.717, 1.165) is 41.5 Å². The maximum absolute atomic E-state index is 13.3. The smallest absolute Gasteiger partial charge is 0.263 e. The van der Waals surface area contributed by atoms with Crippen LogP contribution < -0.4 is 5.56 Å². The van der Waals surface area contributed by atoms with E-state index in [4.69, 9.17) is 4.98 Å². The van der Waals surface area contributed by atoms with Crippen molar-refractivity contribution in [3.05, 3.63) is 56.2 Å². The number of aryl methyl sites for hydroxylation is 3. The Morgan fingerprint density at radius 2 is 2.11 bits per heavy atom. The van der Waals surface area contributed by atoms with Gasteiger partial charge in [0.1, 0.15) is 10.1 Å². The molecule has 0 spiro atoms. The third kappa shape index (κ3) is 3.61. The van der Waals surface area contributed by atoms with E-state index in [2.05, 4.69) is 44.2 Å². The minimum absolute atomic E-state index is 0.0702. The second kappa shape index (κ2) is 8.10. The number of aromatic nitrogens is 2. The van der Waals surface area contributed by atoms with Gasteiger partial charge in [-0.25, -0.2) is 4.98 Å². The number of hydrogen-bond acceptors (Lipinski definition) is 5. The standard InChI is InChI=1S/C22H23N3OS2/c1-3-11-25-21(26)19-17-5-4-6-18(17)28-20(19)24-22(25)27-16(13-23)12-15-9-7-14(2)8-10-15/h7-10,16H,3-6,11-12H2,1-2H3. The average Bonchev–Trinajstić information content (AvgIpc) is 3.26. The number of thiophene rings is 1. The van der Waals surface area contributed by atoms with E-state index in [1.54, 1.807) is 15.9 Å². The molecule has 0 bridgehead atoms. The first kappa shape index (κ1) is 19.2. The number of rotatable bonds is 6. The van der Waals surface area contributed by atoms with Gasteiger partial charge >= 0.3 is 0 Å². The number of nitriles is 1. The maximum Gasteiger partial charge on any atom is 0.263 e. The molecule has 3 aromatic rings. The zero-order valence-corrected chi connectivity index (χ0v) is 17.8. The lowest BCUT2D eigenvalue weighted by Crippen LogP contribution is -2.24. The summed E-state index contributed by atoms with van der Waals surface area (Å²) < 4.78 is 1.79. The predicted octanol–water partition coefficient (Wildman–Crippen LogP) is 4.89. The summed E-state index contributed by atoms with van der Waals surface area (Å²) in [6.45, 7) is 4.76. The Hall–Kier alpha value is -2.10. The van der Waals surface area contributed by atoms with Gasteiger partial charge in [-0.1, -0.05) is 48.5 Å². The number of thioether (sulfide) groups is 1. The van der Waals surface area contributed by atoms with Gasteiger partial charge in [-0.05, 0) is 50.2 Å². The summed E-state index contributed by atoms with van der Waals surface area (Å²) in [6, 6.07) is 10.7. The zero-order valence-electron chi connectivity index (χ0n) is 16.2. The molecule has 2 heterocycles. The molecule has 1 unspecified atom stereocenters. The molecule has 1 aliphatic rings. The lowest BCUT2D eigenvalue weighted by molar-refractivity contribution is 0.584. The van der Waals surface area contributed by atoms with Crippen LogP contribution in [0.2, 0.25) is 0 Å². The summed E-state index contributed by atoms with van der Waals surface area (Å²) in [6.07, 6.45) is 4.68. The molecule has 0 saturated heterocycles. The van der Waals surface area contributed by atoms with Crippen LogP contribution in [-0.4, -0.2) is 14.8 Å². The summed E-state index contributed by atoms with van der Waals surface area (Å²) in [5.74, 6) is 0. The van der Waals surface area contributed by atoms with Gasteiger partial charge in [0.2, 0.25) is 0 Å². The van der Waals surface area contributed by atoms with Crippen molar-refractivity contribution in [2.45, 2.75) is 62.9 Å². The number of benzene rings is 1. The Morgan fingerprint density at radius 3 is 2.82 bits per heavy atom. The summed E-state index contributed by atoms with van der Waals surface area (Å²) in [7, 11) is 0. The van der Waals surface area contributed by atoms with E-state index in [1.165, 1.54) is 27.8 Å². The molecule has 144 valence electrons. The molecule has 0 saturated carbocycles. The van der Waals surface area contributed by atoms with Crippen LogP contribution in [0.4, 0.5) is 0 Å². The largest absolute Gasteiger partial charge is 0.287 e. The normalized spacial score (nSPS) is 14.2. The van der Waals surface area contributed by atoms with E-state index in [1.807, 2.05) is 0 Å². The van der Waals surface area contributed by atoms with E-state index in [-0.39, 0.29) is 10.8 Å². The number of fused-ring (bicyclic) bond motifs is 3. The van der Waals surface area contributed by atoms with Crippen molar-refractivity contribution < 1.29 is 0 Å². The van der Waals surface area contributed by atoms with Gasteiger partial charge < -0.3 is 0 Å². The molecular formula is C22H23N3OS2. The number of nitrogens with zero attached hydrogens (tertiary/aromatic N) is 3. The van der Waals surface area contributed by atoms with Gasteiger partial charge in [0, 0.05) is 11.4 Å². The maximum atomic E-state index is 13.3. The van der Waals surface area contributed by atoms with Crippen molar-refractivity contribution in [3.8, 4) is 6.07 Å². The van der Waals surface area contributed by atoms with Crippen LogP contribution in [0, 0.1) is 18.3 Å². The van der Waals surface area contributed by atoms with Crippen molar-refractivity contribution in [1.29, 1.82) is 5.26 Å². The summed E-state index contributed by atoms with van der Waals surface area (Å²) in [5, 5.41) is 10.9. The van der Waals surface area contributed by atoms with E-state index >= 15 is 0 Å². The minimum Gasteiger partial charge on any atom is -0.287 e. The Kier molecular flexibility index (Phi) is 5.56. The second-order valence-corrected chi connectivity index (χ2v) is 9.57. The molecule has 1 aromatic carbocycles. The topological polar surface area (TPSA) is 58.7 Å². The third-order valence-corrected chi connectivity index (χ3v) is 7.44. The van der Waals surface area contributed by atoms with Crippen LogP contribution in [0.15, 0.2) is 34.2 Å². The first-order chi connectivity index (χ1) is 13.6. The van der Waals surface area contributed by atoms with Crippen molar-refractivity contribution in [2.24, 2.45) is 0 Å². The van der Waals surface area contributed by atoms with Crippen molar-refractivity contribution in [3.63, 3.8) is 0 Å².